The molecule has 1 aliphatic heterocycles. The Morgan fingerprint density at radius 2 is 2.05 bits per heavy atom. The number of carbonyl (C=O) groups excluding carboxylic acids is 1. The first kappa shape index (κ1) is 15.7. The zero-order chi connectivity index (χ0) is 14.8. The Morgan fingerprint density at radius 1 is 1.47 bits per heavy atom. The predicted octanol–water partition coefficient (Wildman–Crippen LogP) is -1.35. The molecule has 8 nitrogen and oxygen atoms in total. The van der Waals surface area contributed by atoms with E-state index in [0.717, 1.165) is 11.2 Å². The molecule has 0 aromatic carbocycles. The van der Waals surface area contributed by atoms with E-state index in [9.17, 15) is 23.1 Å². The van der Waals surface area contributed by atoms with Crippen molar-refractivity contribution in [2.45, 2.75) is 31.5 Å². The first-order valence-electron chi connectivity index (χ1n) is 5.76. The summed E-state index contributed by atoms with van der Waals surface area (Å²) in [4.78, 5) is 23.8. The van der Waals surface area contributed by atoms with Crippen LogP contribution in [0, 0.1) is 0 Å². The van der Waals surface area contributed by atoms with Gasteiger partial charge >= 0.3 is 12.0 Å². The van der Waals surface area contributed by atoms with Gasteiger partial charge in [-0.25, -0.2) is 18.0 Å². The molecule has 0 radical (unpaired) electrons. The standard InChI is InChI=1S/C10H18N2O6S/c1-6(5-19(2,17)18)11-10(16)12-4-7(13)3-8(12)9(14)15/h6-8,13H,3-5H2,1-2H3,(H,11,16)(H,14,15)/t6?,7-,8-/m1/s1. The molecule has 3 atom stereocenters. The number of likely N-dealkylation sites (tertiary alicyclic amines) is 1. The van der Waals surface area contributed by atoms with Gasteiger partial charge in [0.2, 0.25) is 0 Å². The number of nitrogens with zero attached hydrogens (tertiary/aromatic N) is 1. The molecule has 1 aliphatic rings. The van der Waals surface area contributed by atoms with E-state index in [2.05, 4.69) is 5.32 Å². The molecule has 1 fully saturated rings. The minimum atomic E-state index is -3.23. The van der Waals surface area contributed by atoms with Crippen molar-refractivity contribution in [2.75, 3.05) is 18.6 Å². The van der Waals surface area contributed by atoms with Gasteiger partial charge < -0.3 is 20.4 Å². The van der Waals surface area contributed by atoms with E-state index in [1.807, 2.05) is 0 Å². The van der Waals surface area contributed by atoms with E-state index in [4.69, 9.17) is 5.11 Å². The van der Waals surface area contributed by atoms with Gasteiger partial charge in [-0.3, -0.25) is 0 Å². The number of nitrogens with one attached hydrogen (secondary N) is 1. The Labute approximate surface area is 111 Å². The van der Waals surface area contributed by atoms with Crippen LogP contribution in [0.3, 0.4) is 0 Å². The average molecular weight is 294 g/mol. The molecule has 1 saturated heterocycles. The number of aliphatic hydroxyl groups is 1. The normalized spacial score (nSPS) is 25.1. The summed E-state index contributed by atoms with van der Waals surface area (Å²) in [6.07, 6.45) is 0.149. The smallest absolute Gasteiger partial charge is 0.326 e. The highest BCUT2D eigenvalue weighted by molar-refractivity contribution is 7.90. The maximum atomic E-state index is 11.8. The van der Waals surface area contributed by atoms with Crippen LogP contribution in [0.5, 0.6) is 0 Å². The Bertz CT molecular complexity index is 463. The van der Waals surface area contributed by atoms with Gasteiger partial charge in [0.1, 0.15) is 15.9 Å². The molecule has 110 valence electrons. The second-order valence-electron chi connectivity index (χ2n) is 4.84. The molecule has 3 N–H and O–H groups in total. The van der Waals surface area contributed by atoms with Crippen LogP contribution in [-0.2, 0) is 14.6 Å². The van der Waals surface area contributed by atoms with Crippen LogP contribution in [-0.4, -0.2) is 72.3 Å². The van der Waals surface area contributed by atoms with Crippen LogP contribution in [0.25, 0.3) is 0 Å². The quantitative estimate of drug-likeness (QED) is 0.589. The van der Waals surface area contributed by atoms with Crippen molar-refractivity contribution in [1.82, 2.24) is 10.2 Å². The highest BCUT2D eigenvalue weighted by Gasteiger charge is 2.39. The van der Waals surface area contributed by atoms with Gasteiger partial charge in [0, 0.05) is 25.3 Å². The summed E-state index contributed by atoms with van der Waals surface area (Å²) < 4.78 is 22.1. The number of aliphatic hydroxyl groups excluding tert-OH is 1. The third-order valence-corrected chi connectivity index (χ3v) is 3.85. The number of aliphatic carboxylic acids is 1. The SMILES string of the molecule is CC(CS(C)(=O)=O)NC(=O)N1C[C@H](O)C[C@@H]1C(=O)O. The maximum absolute atomic E-state index is 11.8. The van der Waals surface area contributed by atoms with Gasteiger partial charge in [-0.15, -0.1) is 0 Å². The van der Waals surface area contributed by atoms with Crippen molar-refractivity contribution in [3.63, 3.8) is 0 Å². The molecule has 0 saturated carbocycles. The lowest BCUT2D eigenvalue weighted by molar-refractivity contribution is -0.141. The molecule has 0 spiro atoms. The van der Waals surface area contributed by atoms with Crippen LogP contribution in [0.15, 0.2) is 0 Å². The lowest BCUT2D eigenvalue weighted by Crippen LogP contribution is -2.49. The highest BCUT2D eigenvalue weighted by atomic mass is 32.2. The van der Waals surface area contributed by atoms with E-state index in [1.54, 1.807) is 0 Å². The average Bonchev–Trinajstić information content (AvgIpc) is 2.57. The monoisotopic (exact) mass is 294 g/mol. The predicted molar refractivity (Wildman–Crippen MR) is 66.5 cm³/mol. The molecule has 0 aromatic rings. The molecule has 2 amide bonds. The van der Waals surface area contributed by atoms with Crippen LogP contribution in [0.2, 0.25) is 0 Å². The minimum Gasteiger partial charge on any atom is -0.480 e. The number of β-amino-alcohol motifs (C(OH)–C–C–N with tert-alkyl or cyclic N) is 1. The van der Waals surface area contributed by atoms with Crippen molar-refractivity contribution in [3.05, 3.63) is 0 Å². The fourth-order valence-electron chi connectivity index (χ4n) is 2.06. The number of hydrogen-bond donors (Lipinski definition) is 3. The topological polar surface area (TPSA) is 124 Å². The van der Waals surface area contributed by atoms with Crippen molar-refractivity contribution in [3.8, 4) is 0 Å². The second-order valence-corrected chi connectivity index (χ2v) is 7.02. The van der Waals surface area contributed by atoms with Gasteiger partial charge in [-0.2, -0.15) is 0 Å². The van der Waals surface area contributed by atoms with Crippen LogP contribution in [0.1, 0.15) is 13.3 Å². The van der Waals surface area contributed by atoms with Crippen LogP contribution in [0.4, 0.5) is 4.79 Å². The first-order valence-corrected chi connectivity index (χ1v) is 7.82. The molecule has 0 aliphatic carbocycles. The summed E-state index contributed by atoms with van der Waals surface area (Å²) >= 11 is 0. The van der Waals surface area contributed by atoms with Gasteiger partial charge in [0.25, 0.3) is 0 Å². The summed E-state index contributed by atoms with van der Waals surface area (Å²) in [5, 5.41) is 20.8. The third-order valence-electron chi connectivity index (χ3n) is 2.75. The second kappa shape index (κ2) is 5.74. The lowest BCUT2D eigenvalue weighted by atomic mass is 10.2. The van der Waals surface area contributed by atoms with Crippen molar-refractivity contribution in [1.29, 1.82) is 0 Å². The number of amides is 2. The summed E-state index contributed by atoms with van der Waals surface area (Å²) in [6, 6.07) is -2.39. The highest BCUT2D eigenvalue weighted by Crippen LogP contribution is 2.18. The summed E-state index contributed by atoms with van der Waals surface area (Å²) in [6.45, 7) is 1.44. The fourth-order valence-corrected chi connectivity index (χ4v) is 3.05. The largest absolute Gasteiger partial charge is 0.480 e. The van der Waals surface area contributed by atoms with Crippen LogP contribution >= 0.6 is 0 Å². The fraction of sp³-hybridized carbons (Fsp3) is 0.800. The number of hydrogen-bond acceptors (Lipinski definition) is 5. The molecule has 0 bridgehead atoms. The number of sulfone groups is 1. The van der Waals surface area contributed by atoms with Gasteiger partial charge in [-0.1, -0.05) is 0 Å². The number of rotatable bonds is 4. The lowest BCUT2D eigenvalue weighted by Gasteiger charge is -2.23. The Hall–Kier alpha value is -1.35. The minimum absolute atomic E-state index is 0.0246. The molecule has 1 unspecified atom stereocenters. The zero-order valence-electron chi connectivity index (χ0n) is 10.7. The van der Waals surface area contributed by atoms with Crippen molar-refractivity contribution >= 4 is 21.8 Å². The zero-order valence-corrected chi connectivity index (χ0v) is 11.6. The first-order chi connectivity index (χ1) is 8.60. The maximum Gasteiger partial charge on any atom is 0.326 e. The molecule has 19 heavy (non-hydrogen) atoms. The number of carbonyl (C=O) groups is 2. The summed E-state index contributed by atoms with van der Waals surface area (Å²) in [5.41, 5.74) is 0. The Morgan fingerprint density at radius 3 is 2.53 bits per heavy atom. The molecular weight excluding hydrogens is 276 g/mol. The third kappa shape index (κ3) is 4.67. The van der Waals surface area contributed by atoms with E-state index in [1.165, 1.54) is 6.92 Å². The van der Waals surface area contributed by atoms with Gasteiger partial charge in [0.15, 0.2) is 0 Å². The molecule has 0 aromatic heterocycles. The molecule has 1 rings (SSSR count). The van der Waals surface area contributed by atoms with Gasteiger partial charge in [-0.05, 0) is 6.92 Å². The molecular formula is C10H18N2O6S. The summed E-state index contributed by atoms with van der Waals surface area (Å²) in [7, 11) is -3.23. The number of carboxylic acid groups (broad SMARTS) is 1. The Balaban J connectivity index is 2.64. The number of urea groups is 1. The van der Waals surface area contributed by atoms with Gasteiger partial charge in [0.05, 0.1) is 11.9 Å². The van der Waals surface area contributed by atoms with E-state index >= 15 is 0 Å². The summed E-state index contributed by atoms with van der Waals surface area (Å²) in [5.74, 6) is -1.42. The van der Waals surface area contributed by atoms with E-state index < -0.39 is 40.0 Å². The number of carboxylic acids is 1. The molecule has 9 heteroatoms. The van der Waals surface area contributed by atoms with Crippen molar-refractivity contribution in [2.24, 2.45) is 0 Å². The Kier molecular flexibility index (Phi) is 4.75. The van der Waals surface area contributed by atoms with Crippen LogP contribution < -0.4 is 5.32 Å². The molecule has 1 heterocycles. The van der Waals surface area contributed by atoms with E-state index in [0.29, 0.717) is 0 Å². The van der Waals surface area contributed by atoms with Crippen molar-refractivity contribution < 1.29 is 28.2 Å². The van der Waals surface area contributed by atoms with E-state index in [-0.39, 0.29) is 18.7 Å².